The fourth-order valence-electron chi connectivity index (χ4n) is 1.49. The van der Waals surface area contributed by atoms with Crippen molar-refractivity contribution in [3.05, 3.63) is 35.4 Å². The predicted molar refractivity (Wildman–Crippen MR) is 73.5 cm³/mol. The second-order valence-electron chi connectivity index (χ2n) is 4.60. The van der Waals surface area contributed by atoms with Crippen LogP contribution in [0.15, 0.2) is 24.3 Å². The van der Waals surface area contributed by atoms with Gasteiger partial charge >= 0.3 is 12.1 Å². The minimum atomic E-state index is -4.54. The van der Waals surface area contributed by atoms with Crippen LogP contribution in [0.1, 0.15) is 15.9 Å². The molecule has 6 nitrogen and oxygen atoms in total. The van der Waals surface area contributed by atoms with Gasteiger partial charge in [-0.05, 0) is 19.1 Å². The van der Waals surface area contributed by atoms with E-state index < -0.39 is 43.7 Å². The third-order valence-corrected chi connectivity index (χ3v) is 2.52. The first-order valence-electron chi connectivity index (χ1n) is 6.51. The third kappa shape index (κ3) is 7.84. The van der Waals surface area contributed by atoms with E-state index in [-0.39, 0.29) is 0 Å². The number of rotatable bonds is 6. The highest BCUT2D eigenvalue weighted by Gasteiger charge is 2.27. The van der Waals surface area contributed by atoms with Crippen molar-refractivity contribution in [2.45, 2.75) is 13.1 Å². The fourth-order valence-corrected chi connectivity index (χ4v) is 1.49. The number of esters is 1. The Labute approximate surface area is 130 Å². The lowest BCUT2D eigenvalue weighted by Crippen LogP contribution is -2.37. The van der Waals surface area contributed by atoms with E-state index in [1.807, 2.05) is 0 Å². The maximum absolute atomic E-state index is 11.8. The van der Waals surface area contributed by atoms with Crippen LogP contribution in [0.25, 0.3) is 0 Å². The second-order valence-corrected chi connectivity index (χ2v) is 4.60. The normalized spacial score (nSPS) is 10.8. The van der Waals surface area contributed by atoms with E-state index in [2.05, 4.69) is 10.1 Å². The van der Waals surface area contributed by atoms with E-state index in [1.165, 1.54) is 0 Å². The van der Waals surface area contributed by atoms with Gasteiger partial charge in [-0.3, -0.25) is 14.4 Å². The van der Waals surface area contributed by atoms with Gasteiger partial charge in [-0.15, -0.1) is 0 Å². The Morgan fingerprint density at radius 3 is 2.48 bits per heavy atom. The molecule has 1 aromatic rings. The van der Waals surface area contributed by atoms with E-state index >= 15 is 0 Å². The first-order chi connectivity index (χ1) is 10.7. The van der Waals surface area contributed by atoms with Crippen molar-refractivity contribution in [1.29, 1.82) is 0 Å². The molecule has 0 saturated carbocycles. The van der Waals surface area contributed by atoms with E-state index in [1.54, 1.807) is 36.5 Å². The summed E-state index contributed by atoms with van der Waals surface area (Å²) in [6.07, 6.45) is -4.54. The van der Waals surface area contributed by atoms with Crippen LogP contribution in [0.3, 0.4) is 0 Å². The predicted octanol–water partition coefficient (Wildman–Crippen LogP) is 0.947. The summed E-state index contributed by atoms with van der Waals surface area (Å²) in [6, 6.07) is 6.64. The molecular weight excluding hydrogens is 317 g/mol. The molecule has 0 aliphatic rings. The Kier molecular flexibility index (Phi) is 6.55. The molecule has 0 aromatic heterocycles. The van der Waals surface area contributed by atoms with Crippen molar-refractivity contribution in [2.24, 2.45) is 0 Å². The van der Waals surface area contributed by atoms with Gasteiger partial charge in [0, 0.05) is 5.56 Å². The topological polar surface area (TPSA) is 84.5 Å². The zero-order valence-electron chi connectivity index (χ0n) is 12.2. The lowest BCUT2D eigenvalue weighted by Gasteiger charge is -2.09. The number of carbonyl (C=O) groups is 3. The monoisotopic (exact) mass is 332 g/mol. The molecule has 9 heteroatoms. The highest BCUT2D eigenvalue weighted by atomic mass is 19.4. The molecule has 0 bridgehead atoms. The minimum Gasteiger partial charge on any atom is -0.454 e. The van der Waals surface area contributed by atoms with Crippen LogP contribution in [0.2, 0.25) is 0 Å². The molecule has 0 saturated heterocycles. The quantitative estimate of drug-likeness (QED) is 0.760. The number of amides is 2. The number of ether oxygens (including phenoxy) is 1. The Morgan fingerprint density at radius 2 is 1.87 bits per heavy atom. The molecule has 2 amide bonds. The highest BCUT2D eigenvalue weighted by Crippen LogP contribution is 2.11. The lowest BCUT2D eigenvalue weighted by atomic mass is 10.1. The number of alkyl halides is 3. The van der Waals surface area contributed by atoms with Crippen molar-refractivity contribution in [2.75, 3.05) is 19.7 Å². The molecule has 0 aliphatic heterocycles. The van der Waals surface area contributed by atoms with Gasteiger partial charge in [-0.2, -0.15) is 13.2 Å². The summed E-state index contributed by atoms with van der Waals surface area (Å²) < 4.78 is 40.0. The zero-order valence-corrected chi connectivity index (χ0v) is 12.2. The Bertz CT molecular complexity index is 588. The number of hydrogen-bond donors (Lipinski definition) is 2. The van der Waals surface area contributed by atoms with Gasteiger partial charge in [0.05, 0.1) is 0 Å². The summed E-state index contributed by atoms with van der Waals surface area (Å²) in [5.41, 5.74) is 1.21. The Morgan fingerprint density at radius 1 is 1.17 bits per heavy atom. The van der Waals surface area contributed by atoms with Crippen LogP contribution >= 0.6 is 0 Å². The summed E-state index contributed by atoms with van der Waals surface area (Å²) in [7, 11) is 0. The van der Waals surface area contributed by atoms with Gasteiger partial charge in [0.1, 0.15) is 13.1 Å². The van der Waals surface area contributed by atoms with E-state index in [9.17, 15) is 27.6 Å². The second kappa shape index (κ2) is 8.16. The van der Waals surface area contributed by atoms with E-state index in [0.29, 0.717) is 5.56 Å². The number of carbonyl (C=O) groups excluding carboxylic acids is 3. The van der Waals surface area contributed by atoms with Crippen molar-refractivity contribution in [1.82, 2.24) is 10.6 Å². The van der Waals surface area contributed by atoms with Crippen LogP contribution in [0.4, 0.5) is 13.2 Å². The SMILES string of the molecule is Cc1cccc(C(=O)NCC(=O)OCC(=O)NCC(F)(F)F)c1. The van der Waals surface area contributed by atoms with Crippen LogP contribution < -0.4 is 10.6 Å². The molecule has 0 heterocycles. The maximum Gasteiger partial charge on any atom is 0.405 e. The molecule has 1 rings (SSSR count). The molecule has 0 aliphatic carbocycles. The molecule has 23 heavy (non-hydrogen) atoms. The fraction of sp³-hybridized carbons (Fsp3) is 0.357. The first kappa shape index (κ1) is 18.5. The van der Waals surface area contributed by atoms with Gasteiger partial charge in [0.25, 0.3) is 11.8 Å². The summed E-state index contributed by atoms with van der Waals surface area (Å²) in [5.74, 6) is -2.53. The molecule has 0 fully saturated rings. The standard InChI is InChI=1S/C14H15F3N2O4/c1-9-3-2-4-10(5-9)13(22)18-6-12(21)23-7-11(20)19-8-14(15,16)17/h2-5H,6-8H2,1H3,(H,18,22)(H,19,20). The van der Waals surface area contributed by atoms with Gasteiger partial charge in [0.15, 0.2) is 6.61 Å². The van der Waals surface area contributed by atoms with Gasteiger partial charge in [-0.25, -0.2) is 0 Å². The molecular formula is C14H15F3N2O4. The van der Waals surface area contributed by atoms with Crippen LogP contribution in [0, 0.1) is 6.92 Å². The summed E-state index contributed by atoms with van der Waals surface area (Å²) in [4.78, 5) is 34.1. The molecule has 0 unspecified atom stereocenters. The van der Waals surface area contributed by atoms with Crippen LogP contribution in [0.5, 0.6) is 0 Å². The van der Waals surface area contributed by atoms with Crippen LogP contribution in [-0.2, 0) is 14.3 Å². The van der Waals surface area contributed by atoms with Crippen molar-refractivity contribution in [3.63, 3.8) is 0 Å². The molecule has 1 aromatic carbocycles. The number of aryl methyl sites for hydroxylation is 1. The average molecular weight is 332 g/mol. The average Bonchev–Trinajstić information content (AvgIpc) is 2.47. The van der Waals surface area contributed by atoms with Crippen LogP contribution in [-0.4, -0.2) is 43.7 Å². The summed E-state index contributed by atoms with van der Waals surface area (Å²) >= 11 is 0. The summed E-state index contributed by atoms with van der Waals surface area (Å²) in [6.45, 7) is -1.06. The maximum atomic E-state index is 11.8. The third-order valence-electron chi connectivity index (χ3n) is 2.52. The van der Waals surface area contributed by atoms with Crippen molar-refractivity contribution in [3.8, 4) is 0 Å². The minimum absolute atomic E-state index is 0.348. The molecule has 2 N–H and O–H groups in total. The molecule has 0 spiro atoms. The van der Waals surface area contributed by atoms with Crippen molar-refractivity contribution < 1.29 is 32.3 Å². The molecule has 0 atom stereocenters. The molecule has 0 radical (unpaired) electrons. The van der Waals surface area contributed by atoms with Gasteiger partial charge in [-0.1, -0.05) is 17.7 Å². The number of benzene rings is 1. The smallest absolute Gasteiger partial charge is 0.405 e. The highest BCUT2D eigenvalue weighted by molar-refractivity contribution is 5.96. The number of hydrogen-bond acceptors (Lipinski definition) is 4. The molecule has 126 valence electrons. The zero-order chi connectivity index (χ0) is 17.5. The van der Waals surface area contributed by atoms with E-state index in [4.69, 9.17) is 0 Å². The van der Waals surface area contributed by atoms with Crippen molar-refractivity contribution >= 4 is 17.8 Å². The van der Waals surface area contributed by atoms with Gasteiger partial charge < -0.3 is 15.4 Å². The lowest BCUT2D eigenvalue weighted by molar-refractivity contribution is -0.150. The largest absolute Gasteiger partial charge is 0.454 e. The Hall–Kier alpha value is -2.58. The van der Waals surface area contributed by atoms with E-state index in [0.717, 1.165) is 5.56 Å². The number of nitrogens with one attached hydrogen (secondary N) is 2. The Balaban J connectivity index is 2.29. The first-order valence-corrected chi connectivity index (χ1v) is 6.51. The number of halogens is 3. The summed E-state index contributed by atoms with van der Waals surface area (Å²) in [5, 5.41) is 3.83. The van der Waals surface area contributed by atoms with Gasteiger partial charge in [0.2, 0.25) is 0 Å².